The molecule has 4 atom stereocenters. The van der Waals surface area contributed by atoms with Crippen molar-refractivity contribution < 1.29 is 38.4 Å². The van der Waals surface area contributed by atoms with Crippen LogP contribution in [0.3, 0.4) is 0 Å². The number of amides is 8. The number of carbonyl (C=O) groups is 8. The lowest BCUT2D eigenvalue weighted by Crippen LogP contribution is -2.46. The number of imide groups is 4. The molecule has 122 heavy (non-hydrogen) atoms. The molecule has 0 fully saturated rings. The van der Waals surface area contributed by atoms with Gasteiger partial charge in [0.25, 0.3) is 47.3 Å². The van der Waals surface area contributed by atoms with Crippen LogP contribution in [0.25, 0.3) is 121 Å². The van der Waals surface area contributed by atoms with E-state index >= 15 is 0 Å². The van der Waals surface area contributed by atoms with Crippen LogP contribution in [0, 0.1) is 0 Å². The number of hydrogen-bond donors (Lipinski definition) is 0. The Morgan fingerprint density at radius 2 is 0.336 bits per heavy atom. The Kier molecular flexibility index (Phi) is 24.8. The van der Waals surface area contributed by atoms with Crippen molar-refractivity contribution in [3.05, 3.63) is 287 Å². The zero-order chi connectivity index (χ0) is 85.0. The smallest absolute Gasteiger partial charge is 0.261 e. The van der Waals surface area contributed by atoms with Crippen LogP contribution < -0.4 is 0 Å². The van der Waals surface area contributed by atoms with E-state index in [0.29, 0.717) is 44.5 Å². The van der Waals surface area contributed by atoms with Gasteiger partial charge in [-0.25, -0.2) is 0 Å². The van der Waals surface area contributed by atoms with Crippen LogP contribution in [0.15, 0.2) is 243 Å². The minimum absolute atomic E-state index is 0.103. The summed E-state index contributed by atoms with van der Waals surface area (Å²) in [5.41, 5.74) is 19.3. The highest BCUT2D eigenvalue weighted by atomic mass is 16.2. The van der Waals surface area contributed by atoms with E-state index in [0.717, 1.165) is 249 Å². The van der Waals surface area contributed by atoms with Gasteiger partial charge in [-0.2, -0.15) is 0 Å². The van der Waals surface area contributed by atoms with E-state index in [1.165, 1.54) is 19.6 Å². The Balaban J connectivity index is 0.000000182. The SMILES string of the molecule is CCCCCC(CC)N1C(=O)c2cccc3c(-c4ccc(-c5ccc(-c6ccc(-c7ccc8c9c(cccc79)C(=O)N(C(CC)CCCCC)C8=O)cc6)cc5)cc4)ccc(c23)C1=O.CCCCCC(CC)N1C(=O)c2cccc3c(-c4ccc(-c5ccc(-c6ccc7c8c(cccc68)C(=O)N(C(CC)CCCCC)C7=O)cc5)cc4)ccc(c23)C1=O. The molecule has 12 heteroatoms. The molecule has 0 bridgehead atoms. The van der Waals surface area contributed by atoms with Crippen LogP contribution in [0.1, 0.15) is 267 Å². The fraction of sp³-hybridized carbons (Fsp3) is 0.291. The van der Waals surface area contributed by atoms with E-state index in [4.69, 9.17) is 0 Å². The number of nitrogens with zero attached hydrogens (tertiary/aromatic N) is 4. The third-order valence-corrected chi connectivity index (χ3v) is 26.3. The summed E-state index contributed by atoms with van der Waals surface area (Å²) < 4.78 is 0. The Morgan fingerprint density at radius 3 is 0.500 bits per heavy atom. The highest BCUT2D eigenvalue weighted by Crippen LogP contribution is 2.45. The van der Waals surface area contributed by atoms with Crippen molar-refractivity contribution in [3.8, 4) is 77.9 Å². The minimum atomic E-state index is -0.193. The molecule has 616 valence electrons. The van der Waals surface area contributed by atoms with Gasteiger partial charge < -0.3 is 0 Å². The third-order valence-electron chi connectivity index (χ3n) is 26.3. The van der Waals surface area contributed by atoms with Crippen LogP contribution in [0.2, 0.25) is 0 Å². The zero-order valence-electron chi connectivity index (χ0n) is 71.6. The summed E-state index contributed by atoms with van der Waals surface area (Å²) in [6.45, 7) is 16.9. The van der Waals surface area contributed by atoms with Gasteiger partial charge in [-0.05, 0) is 199 Å². The monoisotopic (exact) mass is 1610 g/mol. The summed E-state index contributed by atoms with van der Waals surface area (Å²) in [7, 11) is 0. The fourth-order valence-electron chi connectivity index (χ4n) is 19.6. The van der Waals surface area contributed by atoms with Crippen molar-refractivity contribution in [1.29, 1.82) is 0 Å². The Hall–Kier alpha value is -12.5. The molecule has 8 amide bonds. The summed E-state index contributed by atoms with van der Waals surface area (Å²) in [5.74, 6) is -1.52. The van der Waals surface area contributed by atoms with Crippen LogP contribution >= 0.6 is 0 Å². The predicted molar refractivity (Wildman–Crippen MR) is 496 cm³/mol. The maximum Gasteiger partial charge on any atom is 0.261 e. The summed E-state index contributed by atoms with van der Waals surface area (Å²) in [6, 6.07) is 80.9. The number of unbranched alkanes of at least 4 members (excludes halogenated alkanes) is 8. The van der Waals surface area contributed by atoms with E-state index in [1.54, 1.807) is 0 Å². The summed E-state index contributed by atoms with van der Waals surface area (Å²) in [6.07, 6.45) is 19.0. The normalized spacial score (nSPS) is 14.7. The average Bonchev–Trinajstić information content (AvgIpc) is 0.747. The number of hydrogen-bond acceptors (Lipinski definition) is 8. The van der Waals surface area contributed by atoms with Crippen molar-refractivity contribution in [3.63, 3.8) is 0 Å². The lowest BCUT2D eigenvalue weighted by atomic mass is 9.87. The van der Waals surface area contributed by atoms with E-state index in [2.05, 4.69) is 177 Å². The van der Waals surface area contributed by atoms with Crippen LogP contribution in [0.4, 0.5) is 0 Å². The van der Waals surface area contributed by atoms with Crippen molar-refractivity contribution in [1.82, 2.24) is 19.6 Å². The van der Waals surface area contributed by atoms with Gasteiger partial charge in [-0.1, -0.05) is 327 Å². The molecule has 4 aliphatic heterocycles. The predicted octanol–water partition coefficient (Wildman–Crippen LogP) is 27.5. The van der Waals surface area contributed by atoms with Crippen LogP contribution in [-0.4, -0.2) is 91.0 Å². The first kappa shape index (κ1) is 83.1. The molecule has 0 saturated carbocycles. The largest absolute Gasteiger partial charge is 0.271 e. The first-order chi connectivity index (χ1) is 59.6. The number of rotatable bonds is 31. The molecule has 0 saturated heterocycles. The van der Waals surface area contributed by atoms with E-state index in [9.17, 15) is 38.4 Å². The van der Waals surface area contributed by atoms with Crippen molar-refractivity contribution in [2.75, 3.05) is 0 Å². The van der Waals surface area contributed by atoms with Crippen molar-refractivity contribution in [2.45, 2.75) is 208 Å². The maximum absolute atomic E-state index is 13.9. The van der Waals surface area contributed by atoms with E-state index in [-0.39, 0.29) is 71.4 Å². The molecule has 0 aliphatic carbocycles. The second-order valence-corrected chi connectivity index (χ2v) is 33.6. The second kappa shape index (κ2) is 36.4. The van der Waals surface area contributed by atoms with Crippen molar-refractivity contribution in [2.24, 2.45) is 0 Å². The Labute approximate surface area is 717 Å². The van der Waals surface area contributed by atoms with Gasteiger partial charge in [-0.15, -0.1) is 0 Å². The number of carbonyl (C=O) groups excluding carboxylic acids is 8. The molecule has 0 spiro atoms. The van der Waals surface area contributed by atoms with Gasteiger partial charge in [0.2, 0.25) is 0 Å². The summed E-state index contributed by atoms with van der Waals surface area (Å²) in [5, 5.41) is 6.62. The van der Waals surface area contributed by atoms with Crippen LogP contribution in [0.5, 0.6) is 0 Å². The van der Waals surface area contributed by atoms with Gasteiger partial charge in [0.15, 0.2) is 0 Å². The highest BCUT2D eigenvalue weighted by Gasteiger charge is 2.42. The first-order valence-electron chi connectivity index (χ1n) is 44.9. The molecule has 0 radical (unpaired) electrons. The minimum Gasteiger partial charge on any atom is -0.271 e. The fourth-order valence-corrected chi connectivity index (χ4v) is 19.6. The molecule has 17 rings (SSSR count). The molecule has 4 unspecified atom stereocenters. The average molecular weight is 1610 g/mol. The molecule has 12 nitrogen and oxygen atoms in total. The van der Waals surface area contributed by atoms with Gasteiger partial charge in [0.1, 0.15) is 0 Å². The standard InChI is InChI=1S/C58H56N2O4.C52H52N2O4/c1-5-9-11-15-43(7-3)59-55(61)49-19-13-17-47-45(33-35-51(53(47)49)57(59)63)41-29-25-39(26-30-41)37-21-23-38(24-22-37)40-27-31-42(32-28-40)46-34-36-52-54-48(46)18-14-20-50(54)56(62)60(58(52)64)44(8-4)16-12-10-6-2;1-5-9-11-15-37(7-3)53-49(55)43-19-13-17-41-39(29-31-45(47(41)43)51(53)57)35-25-21-33(22-26-35)34-23-27-36(28-24-34)40-30-32-46-48-42(40)18-14-20-44(48)50(56)54(52(46)58)38(8-4)16-12-10-6-2/h13-14,17-36,43-44H,5-12,15-16H2,1-4H3;13-14,17-32,37-38H,5-12,15-16H2,1-4H3. The molecule has 13 aromatic rings. The van der Waals surface area contributed by atoms with Crippen LogP contribution in [-0.2, 0) is 0 Å². The van der Waals surface area contributed by atoms with Gasteiger partial charge in [0, 0.05) is 90.2 Å². The van der Waals surface area contributed by atoms with Gasteiger partial charge in [-0.3, -0.25) is 58.0 Å². The molecule has 4 heterocycles. The molecule has 4 aliphatic rings. The third kappa shape index (κ3) is 15.4. The summed E-state index contributed by atoms with van der Waals surface area (Å²) >= 11 is 0. The van der Waals surface area contributed by atoms with E-state index < -0.39 is 0 Å². The molecule has 13 aromatic carbocycles. The molecular weight excluding hydrogens is 1510 g/mol. The molecule has 0 N–H and O–H groups in total. The number of benzene rings is 13. The lowest BCUT2D eigenvalue weighted by molar-refractivity contribution is 0.0508. The quantitative estimate of drug-likeness (QED) is 0.0308. The van der Waals surface area contributed by atoms with Gasteiger partial charge >= 0.3 is 0 Å². The Bertz CT molecular complexity index is 5750. The topological polar surface area (TPSA) is 150 Å². The zero-order valence-corrected chi connectivity index (χ0v) is 71.6. The molecule has 0 aromatic heterocycles. The lowest BCUT2D eigenvalue weighted by Gasteiger charge is -2.34. The maximum atomic E-state index is 13.9. The highest BCUT2D eigenvalue weighted by molar-refractivity contribution is 6.31. The summed E-state index contributed by atoms with van der Waals surface area (Å²) in [4.78, 5) is 117. The second-order valence-electron chi connectivity index (χ2n) is 33.6. The molecular formula is C110H108N4O8. The van der Waals surface area contributed by atoms with Gasteiger partial charge in [0.05, 0.1) is 0 Å². The Morgan fingerprint density at radius 1 is 0.180 bits per heavy atom. The van der Waals surface area contributed by atoms with Crippen molar-refractivity contribution >= 4 is 90.3 Å². The first-order valence-corrected chi connectivity index (χ1v) is 44.9. The van der Waals surface area contributed by atoms with E-state index in [1.807, 2.05) is 121 Å².